The van der Waals surface area contributed by atoms with Crippen molar-refractivity contribution in [2.24, 2.45) is 17.8 Å². The van der Waals surface area contributed by atoms with Crippen LogP contribution in [0.2, 0.25) is 0 Å². The minimum atomic E-state index is 0.351. The SMILES string of the molecule is C=CCCCP1CC(C)[C@@H]2CC[C@H](C)[C@H]1C2. The van der Waals surface area contributed by atoms with Gasteiger partial charge in [-0.2, -0.15) is 0 Å². The standard InChI is InChI=1S/C15H27P/c1-4-5-6-9-16-11-13(3)14-8-7-12(2)15(16)10-14/h4,12-15H,1,5-11H2,2-3H3/t12-,13?,14+,15+,16?/m0/s1. The molecule has 1 aliphatic heterocycles. The van der Waals surface area contributed by atoms with Gasteiger partial charge in [-0.25, -0.2) is 0 Å². The molecule has 2 fully saturated rings. The van der Waals surface area contributed by atoms with Gasteiger partial charge in [0.1, 0.15) is 0 Å². The van der Waals surface area contributed by atoms with Crippen LogP contribution in [0.25, 0.3) is 0 Å². The Morgan fingerprint density at radius 2 is 2.06 bits per heavy atom. The lowest BCUT2D eigenvalue weighted by Gasteiger charge is -2.47. The second-order valence-corrected chi connectivity index (χ2v) is 8.67. The fraction of sp³-hybridized carbons (Fsp3) is 0.867. The first kappa shape index (κ1) is 12.6. The summed E-state index contributed by atoms with van der Waals surface area (Å²) in [5.41, 5.74) is 1.12. The highest BCUT2D eigenvalue weighted by atomic mass is 31.1. The van der Waals surface area contributed by atoms with Crippen LogP contribution in [0.4, 0.5) is 0 Å². The van der Waals surface area contributed by atoms with E-state index in [1.165, 1.54) is 31.8 Å². The molecule has 2 bridgehead atoms. The lowest BCUT2D eigenvalue weighted by molar-refractivity contribution is 0.226. The molecule has 1 saturated carbocycles. The summed E-state index contributed by atoms with van der Waals surface area (Å²) >= 11 is 0. The summed E-state index contributed by atoms with van der Waals surface area (Å²) in [6.45, 7) is 8.87. The van der Waals surface area contributed by atoms with Gasteiger partial charge in [-0.15, -0.1) is 14.5 Å². The molecule has 1 heterocycles. The zero-order valence-electron chi connectivity index (χ0n) is 11.0. The van der Waals surface area contributed by atoms with E-state index in [1.807, 2.05) is 0 Å². The molecule has 16 heavy (non-hydrogen) atoms. The average molecular weight is 238 g/mol. The van der Waals surface area contributed by atoms with E-state index in [9.17, 15) is 0 Å². The van der Waals surface area contributed by atoms with Gasteiger partial charge in [0, 0.05) is 0 Å². The highest BCUT2D eigenvalue weighted by Crippen LogP contribution is 2.58. The van der Waals surface area contributed by atoms with Crippen molar-refractivity contribution in [3.63, 3.8) is 0 Å². The van der Waals surface area contributed by atoms with Crippen LogP contribution in [0.15, 0.2) is 12.7 Å². The Kier molecular flexibility index (Phi) is 4.48. The molecule has 2 unspecified atom stereocenters. The smallest absolute Gasteiger partial charge is 0.0181 e. The van der Waals surface area contributed by atoms with Crippen LogP contribution in [-0.4, -0.2) is 18.0 Å². The van der Waals surface area contributed by atoms with E-state index in [0.717, 1.165) is 23.4 Å². The molecule has 0 aromatic rings. The van der Waals surface area contributed by atoms with E-state index >= 15 is 0 Å². The summed E-state index contributed by atoms with van der Waals surface area (Å²) in [6, 6.07) is 0. The predicted molar refractivity (Wildman–Crippen MR) is 75.5 cm³/mol. The largest absolute Gasteiger partial charge is 0.103 e. The van der Waals surface area contributed by atoms with E-state index in [1.54, 1.807) is 12.6 Å². The Balaban J connectivity index is 1.92. The van der Waals surface area contributed by atoms with Crippen LogP contribution in [0.3, 0.4) is 0 Å². The molecule has 0 aromatic heterocycles. The molecule has 92 valence electrons. The van der Waals surface area contributed by atoms with E-state index in [2.05, 4.69) is 26.5 Å². The summed E-state index contributed by atoms with van der Waals surface area (Å²) in [6.07, 6.45) is 12.4. The molecule has 0 nitrogen and oxygen atoms in total. The van der Waals surface area contributed by atoms with Crippen molar-refractivity contribution in [2.45, 2.75) is 51.6 Å². The zero-order chi connectivity index (χ0) is 11.5. The van der Waals surface area contributed by atoms with Crippen LogP contribution in [0.1, 0.15) is 46.0 Å². The lowest BCUT2D eigenvalue weighted by atomic mass is 9.76. The van der Waals surface area contributed by atoms with Crippen molar-refractivity contribution in [3.8, 4) is 0 Å². The highest BCUT2D eigenvalue weighted by Gasteiger charge is 2.39. The summed E-state index contributed by atoms with van der Waals surface area (Å²) in [4.78, 5) is 0. The lowest BCUT2D eigenvalue weighted by Crippen LogP contribution is -2.37. The fourth-order valence-electron chi connectivity index (χ4n) is 3.71. The Morgan fingerprint density at radius 1 is 1.25 bits per heavy atom. The van der Waals surface area contributed by atoms with Crippen molar-refractivity contribution in [2.75, 3.05) is 12.3 Å². The Hall–Kier alpha value is 0.170. The van der Waals surface area contributed by atoms with E-state index in [-0.39, 0.29) is 0 Å². The number of allylic oxidation sites excluding steroid dienone is 1. The topological polar surface area (TPSA) is 0 Å². The van der Waals surface area contributed by atoms with E-state index in [4.69, 9.17) is 0 Å². The molecular formula is C15H27P. The number of unbranched alkanes of at least 4 members (excludes halogenated alkanes) is 1. The average Bonchev–Trinajstić information content (AvgIpc) is 2.28. The maximum Gasteiger partial charge on any atom is -0.0181 e. The van der Waals surface area contributed by atoms with Gasteiger partial charge in [0.25, 0.3) is 0 Å². The van der Waals surface area contributed by atoms with Crippen molar-refractivity contribution in [3.05, 3.63) is 12.7 Å². The third-order valence-corrected chi connectivity index (χ3v) is 8.44. The van der Waals surface area contributed by atoms with Gasteiger partial charge in [-0.05, 0) is 67.8 Å². The van der Waals surface area contributed by atoms with Crippen molar-refractivity contribution < 1.29 is 0 Å². The first-order valence-electron chi connectivity index (χ1n) is 7.07. The van der Waals surface area contributed by atoms with Crippen LogP contribution < -0.4 is 0 Å². The third kappa shape index (κ3) is 2.70. The first-order valence-corrected chi connectivity index (χ1v) is 8.85. The molecule has 0 radical (unpaired) electrons. The Labute approximate surface area is 103 Å². The second-order valence-electron chi connectivity index (χ2n) is 6.02. The Bertz CT molecular complexity index is 236. The van der Waals surface area contributed by atoms with Gasteiger partial charge in [0.2, 0.25) is 0 Å². The van der Waals surface area contributed by atoms with Crippen molar-refractivity contribution >= 4 is 7.92 Å². The molecule has 1 saturated heterocycles. The molecule has 2 aliphatic rings. The molecule has 2 rings (SSSR count). The predicted octanol–water partition coefficient (Wildman–Crippen LogP) is 4.89. The van der Waals surface area contributed by atoms with Gasteiger partial charge in [-0.3, -0.25) is 0 Å². The van der Waals surface area contributed by atoms with Gasteiger partial charge in [0.15, 0.2) is 0 Å². The monoisotopic (exact) mass is 238 g/mol. The number of hydrogen-bond donors (Lipinski definition) is 0. The van der Waals surface area contributed by atoms with E-state index in [0.29, 0.717) is 7.92 Å². The normalized spacial score (nSPS) is 43.0. The summed E-state index contributed by atoms with van der Waals surface area (Å²) in [5, 5.41) is 0. The summed E-state index contributed by atoms with van der Waals surface area (Å²) < 4.78 is 0. The van der Waals surface area contributed by atoms with Crippen LogP contribution in [-0.2, 0) is 0 Å². The molecule has 1 aliphatic carbocycles. The highest BCUT2D eigenvalue weighted by molar-refractivity contribution is 7.58. The number of rotatable bonds is 4. The van der Waals surface area contributed by atoms with Crippen LogP contribution >= 0.6 is 7.92 Å². The molecule has 0 amide bonds. The summed E-state index contributed by atoms with van der Waals surface area (Å²) in [5.74, 6) is 3.14. The number of hydrogen-bond acceptors (Lipinski definition) is 0. The maximum atomic E-state index is 3.84. The zero-order valence-corrected chi connectivity index (χ0v) is 11.9. The molecule has 0 aromatic carbocycles. The fourth-order valence-corrected chi connectivity index (χ4v) is 7.56. The maximum absolute atomic E-state index is 3.84. The number of fused-ring (bicyclic) bond motifs is 2. The van der Waals surface area contributed by atoms with Crippen molar-refractivity contribution in [1.29, 1.82) is 0 Å². The molecule has 5 atom stereocenters. The van der Waals surface area contributed by atoms with Gasteiger partial charge in [0.05, 0.1) is 0 Å². The second kappa shape index (κ2) is 5.67. The third-order valence-electron chi connectivity index (χ3n) is 4.84. The van der Waals surface area contributed by atoms with Crippen molar-refractivity contribution in [1.82, 2.24) is 0 Å². The van der Waals surface area contributed by atoms with Gasteiger partial charge < -0.3 is 0 Å². The molecule has 1 heteroatoms. The van der Waals surface area contributed by atoms with Gasteiger partial charge in [-0.1, -0.05) is 19.9 Å². The van der Waals surface area contributed by atoms with Crippen LogP contribution in [0, 0.1) is 17.8 Å². The minimum absolute atomic E-state index is 0.351. The quantitative estimate of drug-likeness (QED) is 0.371. The van der Waals surface area contributed by atoms with Gasteiger partial charge >= 0.3 is 0 Å². The Morgan fingerprint density at radius 3 is 2.81 bits per heavy atom. The molecule has 0 spiro atoms. The minimum Gasteiger partial charge on any atom is -0.103 e. The first-order chi connectivity index (χ1) is 7.72. The summed E-state index contributed by atoms with van der Waals surface area (Å²) in [7, 11) is 0.351. The van der Waals surface area contributed by atoms with E-state index < -0.39 is 0 Å². The van der Waals surface area contributed by atoms with Crippen LogP contribution in [0.5, 0.6) is 0 Å². The molecular weight excluding hydrogens is 211 g/mol. The molecule has 0 N–H and O–H groups in total.